The molecule has 1 unspecified atom stereocenters. The molecule has 0 aliphatic carbocycles. The number of ether oxygens (including phenoxy) is 1. The van der Waals surface area contributed by atoms with Crippen LogP contribution in [0.2, 0.25) is 0 Å². The molecule has 0 amide bonds. The molecule has 1 aliphatic heterocycles. The van der Waals surface area contributed by atoms with Gasteiger partial charge in [0.05, 0.1) is 6.10 Å². The lowest BCUT2D eigenvalue weighted by Gasteiger charge is -2.32. The first-order chi connectivity index (χ1) is 8.81. The first-order valence-electron chi connectivity index (χ1n) is 7.23. The highest BCUT2D eigenvalue weighted by atomic mass is 32.1. The second-order valence-corrected chi connectivity index (χ2v) is 6.34. The fourth-order valence-electron chi connectivity index (χ4n) is 2.49. The summed E-state index contributed by atoms with van der Waals surface area (Å²) < 4.78 is 5.89. The summed E-state index contributed by atoms with van der Waals surface area (Å²) in [4.78, 5) is 5.55. The van der Waals surface area contributed by atoms with Crippen molar-refractivity contribution in [3.05, 3.63) is 21.9 Å². The number of thiophene rings is 1. The molecule has 2 rings (SSSR count). The van der Waals surface area contributed by atoms with Gasteiger partial charge < -0.3 is 4.74 Å². The molecule has 2 heterocycles. The van der Waals surface area contributed by atoms with Gasteiger partial charge in [0.2, 0.25) is 0 Å². The third-order valence-electron chi connectivity index (χ3n) is 3.47. The molecule has 0 N–H and O–H groups in total. The fraction of sp³-hybridized carbons (Fsp3) is 0.733. The van der Waals surface area contributed by atoms with Crippen LogP contribution in [-0.2, 0) is 17.7 Å². The molecule has 102 valence electrons. The van der Waals surface area contributed by atoms with E-state index < -0.39 is 0 Å². The van der Waals surface area contributed by atoms with Crippen LogP contribution in [0.25, 0.3) is 0 Å². The van der Waals surface area contributed by atoms with Gasteiger partial charge in [-0.15, -0.1) is 11.3 Å². The van der Waals surface area contributed by atoms with Gasteiger partial charge in [-0.3, -0.25) is 4.90 Å². The smallest absolute Gasteiger partial charge is 0.0702 e. The molecule has 1 fully saturated rings. The quantitative estimate of drug-likeness (QED) is 0.779. The second-order valence-electron chi connectivity index (χ2n) is 5.09. The Morgan fingerprint density at radius 2 is 2.17 bits per heavy atom. The number of aryl methyl sites for hydroxylation is 1. The van der Waals surface area contributed by atoms with Crippen molar-refractivity contribution >= 4 is 11.3 Å². The Morgan fingerprint density at radius 1 is 1.33 bits per heavy atom. The summed E-state index contributed by atoms with van der Waals surface area (Å²) in [5, 5.41) is 0. The first kappa shape index (κ1) is 14.0. The molecule has 1 aromatic rings. The van der Waals surface area contributed by atoms with Crippen LogP contribution in [0.15, 0.2) is 12.1 Å². The van der Waals surface area contributed by atoms with Crippen molar-refractivity contribution < 1.29 is 4.74 Å². The van der Waals surface area contributed by atoms with Crippen molar-refractivity contribution in [2.75, 3.05) is 19.7 Å². The van der Waals surface area contributed by atoms with E-state index in [9.17, 15) is 0 Å². The van der Waals surface area contributed by atoms with E-state index in [0.717, 1.165) is 32.5 Å². The van der Waals surface area contributed by atoms with E-state index in [-0.39, 0.29) is 0 Å². The molecular weight excluding hydrogens is 242 g/mol. The van der Waals surface area contributed by atoms with Gasteiger partial charge in [-0.25, -0.2) is 0 Å². The summed E-state index contributed by atoms with van der Waals surface area (Å²) in [6, 6.07) is 4.56. The molecular formula is C15H25NOS. The molecule has 0 spiro atoms. The molecule has 1 aromatic heterocycles. The van der Waals surface area contributed by atoms with Crippen LogP contribution in [0, 0.1) is 0 Å². The number of rotatable bonds is 6. The summed E-state index contributed by atoms with van der Waals surface area (Å²) in [6.07, 6.45) is 5.26. The molecule has 1 aliphatic rings. The van der Waals surface area contributed by atoms with Crippen LogP contribution in [0.4, 0.5) is 0 Å². The molecule has 0 bridgehead atoms. The van der Waals surface area contributed by atoms with E-state index in [1.807, 2.05) is 11.3 Å². The minimum absolute atomic E-state index is 0.462. The molecule has 18 heavy (non-hydrogen) atoms. The Morgan fingerprint density at radius 3 is 2.89 bits per heavy atom. The normalized spacial score (nSPS) is 21.3. The predicted molar refractivity (Wildman–Crippen MR) is 78.2 cm³/mol. The minimum Gasteiger partial charge on any atom is -0.377 e. The van der Waals surface area contributed by atoms with Crippen molar-refractivity contribution in [2.24, 2.45) is 0 Å². The van der Waals surface area contributed by atoms with Crippen LogP contribution in [0.3, 0.4) is 0 Å². The van der Waals surface area contributed by atoms with Gasteiger partial charge in [0.25, 0.3) is 0 Å². The van der Waals surface area contributed by atoms with Gasteiger partial charge in [-0.1, -0.05) is 13.8 Å². The topological polar surface area (TPSA) is 12.5 Å². The highest BCUT2D eigenvalue weighted by Crippen LogP contribution is 2.21. The van der Waals surface area contributed by atoms with Crippen LogP contribution in [0.5, 0.6) is 0 Å². The van der Waals surface area contributed by atoms with E-state index in [2.05, 4.69) is 30.9 Å². The average molecular weight is 267 g/mol. The average Bonchev–Trinajstić information content (AvgIpc) is 2.84. The third-order valence-corrected chi connectivity index (χ3v) is 4.68. The lowest BCUT2D eigenvalue weighted by molar-refractivity contribution is -0.00197. The van der Waals surface area contributed by atoms with Crippen molar-refractivity contribution in [1.29, 1.82) is 0 Å². The molecule has 1 atom stereocenters. The van der Waals surface area contributed by atoms with Gasteiger partial charge >= 0.3 is 0 Å². The summed E-state index contributed by atoms with van der Waals surface area (Å²) in [7, 11) is 0. The maximum Gasteiger partial charge on any atom is 0.0702 e. The highest BCUT2D eigenvalue weighted by molar-refractivity contribution is 7.11. The largest absolute Gasteiger partial charge is 0.377 e. The Hall–Kier alpha value is -0.380. The second kappa shape index (κ2) is 7.27. The maximum absolute atomic E-state index is 5.89. The summed E-state index contributed by atoms with van der Waals surface area (Å²) in [6.45, 7) is 8.77. The van der Waals surface area contributed by atoms with Crippen LogP contribution >= 0.6 is 11.3 Å². The summed E-state index contributed by atoms with van der Waals surface area (Å²) in [5.74, 6) is 0. The van der Waals surface area contributed by atoms with Crippen molar-refractivity contribution in [2.45, 2.75) is 52.2 Å². The van der Waals surface area contributed by atoms with E-state index >= 15 is 0 Å². The summed E-state index contributed by atoms with van der Waals surface area (Å²) >= 11 is 1.96. The Labute approximate surface area is 115 Å². The Kier molecular flexibility index (Phi) is 5.67. The Balaban J connectivity index is 1.81. The van der Waals surface area contributed by atoms with E-state index in [1.165, 1.54) is 29.1 Å². The van der Waals surface area contributed by atoms with Crippen molar-refractivity contribution in [3.8, 4) is 0 Å². The first-order valence-corrected chi connectivity index (χ1v) is 8.05. The number of hydrogen-bond acceptors (Lipinski definition) is 3. The van der Waals surface area contributed by atoms with E-state index in [1.54, 1.807) is 0 Å². The third kappa shape index (κ3) is 4.08. The SMILES string of the molecule is CCCOC1CCCN(Cc2ccc(CC)s2)C1. The fourth-order valence-corrected chi connectivity index (χ4v) is 3.50. The van der Waals surface area contributed by atoms with Crippen LogP contribution in [-0.4, -0.2) is 30.7 Å². The molecule has 0 saturated carbocycles. The number of piperidine rings is 1. The van der Waals surface area contributed by atoms with E-state index in [4.69, 9.17) is 4.74 Å². The lowest BCUT2D eigenvalue weighted by Crippen LogP contribution is -2.39. The van der Waals surface area contributed by atoms with Crippen molar-refractivity contribution in [1.82, 2.24) is 4.90 Å². The molecule has 1 saturated heterocycles. The van der Waals surface area contributed by atoms with Gasteiger partial charge in [0, 0.05) is 29.5 Å². The number of hydrogen-bond donors (Lipinski definition) is 0. The maximum atomic E-state index is 5.89. The van der Waals surface area contributed by atoms with Gasteiger partial charge in [-0.05, 0) is 44.4 Å². The predicted octanol–water partition coefficient (Wildman–Crippen LogP) is 3.70. The zero-order chi connectivity index (χ0) is 12.8. The van der Waals surface area contributed by atoms with Gasteiger partial charge in [-0.2, -0.15) is 0 Å². The standard InChI is InChI=1S/C15H25NOS/c1-3-10-17-13-6-5-9-16(11-13)12-15-8-7-14(4-2)18-15/h7-8,13H,3-6,9-12H2,1-2H3. The minimum atomic E-state index is 0.462. The molecule has 0 radical (unpaired) electrons. The highest BCUT2D eigenvalue weighted by Gasteiger charge is 2.20. The zero-order valence-corrected chi connectivity index (χ0v) is 12.5. The summed E-state index contributed by atoms with van der Waals surface area (Å²) in [5.41, 5.74) is 0. The lowest BCUT2D eigenvalue weighted by atomic mass is 10.1. The zero-order valence-electron chi connectivity index (χ0n) is 11.7. The van der Waals surface area contributed by atoms with Crippen LogP contribution in [0.1, 0.15) is 42.9 Å². The monoisotopic (exact) mass is 267 g/mol. The molecule has 2 nitrogen and oxygen atoms in total. The number of nitrogens with zero attached hydrogens (tertiary/aromatic N) is 1. The van der Waals surface area contributed by atoms with Crippen LogP contribution < -0.4 is 0 Å². The van der Waals surface area contributed by atoms with Gasteiger partial charge in [0.1, 0.15) is 0 Å². The Bertz CT molecular complexity index is 350. The van der Waals surface area contributed by atoms with E-state index in [0.29, 0.717) is 6.10 Å². The van der Waals surface area contributed by atoms with Crippen molar-refractivity contribution in [3.63, 3.8) is 0 Å². The number of likely N-dealkylation sites (tertiary alicyclic amines) is 1. The van der Waals surface area contributed by atoms with Gasteiger partial charge in [0.15, 0.2) is 0 Å². The molecule has 3 heteroatoms. The molecule has 0 aromatic carbocycles.